The molecule has 11 heteroatoms. The molecule has 0 bridgehead atoms. The Morgan fingerprint density at radius 2 is 1.76 bits per heavy atom. The molecule has 2 heterocycles. The van der Waals surface area contributed by atoms with Gasteiger partial charge in [-0.15, -0.1) is 0 Å². The van der Waals surface area contributed by atoms with Crippen LogP contribution in [0.15, 0.2) is 83.4 Å². The molecule has 0 unspecified atom stereocenters. The molecule has 0 radical (unpaired) electrons. The van der Waals surface area contributed by atoms with Crippen LogP contribution in [-0.4, -0.2) is 45.7 Å². The number of carbonyl (C=O) groups is 1. The van der Waals surface area contributed by atoms with Gasteiger partial charge in [0.2, 0.25) is 11.8 Å². The van der Waals surface area contributed by atoms with Crippen LogP contribution in [0.5, 0.6) is 0 Å². The minimum absolute atomic E-state index is 0.239. The van der Waals surface area contributed by atoms with Crippen molar-refractivity contribution in [3.63, 3.8) is 0 Å². The zero-order chi connectivity index (χ0) is 26.7. The number of para-hydroxylation sites is 2. The van der Waals surface area contributed by atoms with Crippen molar-refractivity contribution >= 4 is 22.9 Å². The highest BCUT2D eigenvalue weighted by Gasteiger charge is 2.38. The van der Waals surface area contributed by atoms with Gasteiger partial charge in [-0.05, 0) is 29.8 Å². The minimum Gasteiger partial charge on any atom is -0.350 e. The quantitative estimate of drug-likeness (QED) is 0.309. The van der Waals surface area contributed by atoms with Gasteiger partial charge in [0.15, 0.2) is 0 Å². The fourth-order valence-electron chi connectivity index (χ4n) is 4.07. The number of amides is 1. The third-order valence-corrected chi connectivity index (χ3v) is 5.94. The van der Waals surface area contributed by atoms with Crippen LogP contribution in [0.3, 0.4) is 0 Å². The Kier molecular flexibility index (Phi) is 6.82. The van der Waals surface area contributed by atoms with Gasteiger partial charge in [-0.2, -0.15) is 18.2 Å². The van der Waals surface area contributed by atoms with Crippen molar-refractivity contribution in [2.75, 3.05) is 25.0 Å². The molecule has 3 aromatic carbocycles. The molecule has 0 saturated heterocycles. The number of alkyl halides is 3. The van der Waals surface area contributed by atoms with E-state index in [4.69, 9.17) is 4.98 Å². The smallest absolute Gasteiger partial charge is 0.350 e. The number of carbonyl (C=O) groups excluding carboxylic acids is 1. The highest BCUT2D eigenvalue weighted by molar-refractivity contribution is 5.95. The lowest BCUT2D eigenvalue weighted by atomic mass is 10.1. The summed E-state index contributed by atoms with van der Waals surface area (Å²) in [7, 11) is 1.91. The average Bonchev–Trinajstić information content (AvgIpc) is 3.56. The van der Waals surface area contributed by atoms with Gasteiger partial charge < -0.3 is 19.3 Å². The number of nitrogens with zero attached hydrogens (tertiary/aromatic N) is 5. The Hall–Kier alpha value is -4.67. The zero-order valence-corrected chi connectivity index (χ0v) is 20.3. The summed E-state index contributed by atoms with van der Waals surface area (Å²) in [5.74, 6) is -1.30. The maximum absolute atomic E-state index is 12.8. The van der Waals surface area contributed by atoms with E-state index in [1.807, 2.05) is 54.4 Å². The Balaban J connectivity index is 1.26. The molecule has 0 saturated carbocycles. The minimum atomic E-state index is -4.74. The lowest BCUT2D eigenvalue weighted by Gasteiger charge is -2.20. The first-order valence-electron chi connectivity index (χ1n) is 11.8. The molecule has 1 amide bonds. The second-order valence-corrected chi connectivity index (χ2v) is 8.65. The highest BCUT2D eigenvalue weighted by atomic mass is 19.4. The largest absolute Gasteiger partial charge is 0.471 e. The number of hydrogen-bond donors (Lipinski definition) is 1. The fraction of sp³-hybridized carbons (Fsp3) is 0.185. The van der Waals surface area contributed by atoms with E-state index in [1.165, 1.54) is 12.1 Å². The molecular formula is C27H23F3N6O2. The standard InChI is InChI=1S/C27H23F3N6O2/c1-35(26-32-21-12-5-6-13-22(21)36(26)17-18-8-3-2-4-9-18)15-14-31-24(37)20-11-7-10-19(16-20)23-33-25(38-34-23)27(28,29)30/h2-13,16H,14-15,17H2,1H3,(H,31,37). The highest BCUT2D eigenvalue weighted by Crippen LogP contribution is 2.29. The molecule has 1 N–H and O–H groups in total. The summed E-state index contributed by atoms with van der Waals surface area (Å²) in [5.41, 5.74) is 3.53. The van der Waals surface area contributed by atoms with Crippen molar-refractivity contribution in [3.05, 3.63) is 95.9 Å². The first kappa shape index (κ1) is 25.0. The normalized spacial score (nSPS) is 11.6. The van der Waals surface area contributed by atoms with E-state index in [2.05, 4.69) is 36.7 Å². The number of fused-ring (bicyclic) bond motifs is 1. The number of aromatic nitrogens is 4. The molecule has 0 aliphatic carbocycles. The second-order valence-electron chi connectivity index (χ2n) is 8.65. The topological polar surface area (TPSA) is 89.1 Å². The molecule has 0 spiro atoms. The number of likely N-dealkylation sites (N-methyl/N-ethyl adjacent to an activating group) is 1. The molecule has 0 aliphatic heterocycles. The van der Waals surface area contributed by atoms with Crippen LogP contribution in [0, 0.1) is 0 Å². The van der Waals surface area contributed by atoms with E-state index in [-0.39, 0.29) is 22.9 Å². The van der Waals surface area contributed by atoms with Crippen LogP contribution in [0.1, 0.15) is 21.8 Å². The lowest BCUT2D eigenvalue weighted by molar-refractivity contribution is -0.159. The summed E-state index contributed by atoms with van der Waals surface area (Å²) in [4.78, 5) is 22.9. The zero-order valence-electron chi connectivity index (χ0n) is 20.3. The van der Waals surface area contributed by atoms with Crippen LogP contribution in [0.4, 0.5) is 19.1 Å². The number of halogens is 3. The number of anilines is 1. The first-order valence-corrected chi connectivity index (χ1v) is 11.8. The average molecular weight is 521 g/mol. The Morgan fingerprint density at radius 3 is 2.53 bits per heavy atom. The van der Waals surface area contributed by atoms with E-state index < -0.39 is 12.1 Å². The summed E-state index contributed by atoms with van der Waals surface area (Å²) in [6, 6.07) is 24.0. The third-order valence-electron chi connectivity index (χ3n) is 5.94. The van der Waals surface area contributed by atoms with Crippen LogP contribution >= 0.6 is 0 Å². The van der Waals surface area contributed by atoms with Crippen molar-refractivity contribution in [2.45, 2.75) is 12.7 Å². The Morgan fingerprint density at radius 1 is 1.00 bits per heavy atom. The van der Waals surface area contributed by atoms with Gasteiger partial charge in [0.05, 0.1) is 17.6 Å². The van der Waals surface area contributed by atoms with Gasteiger partial charge >= 0.3 is 12.1 Å². The first-order chi connectivity index (χ1) is 18.3. The van der Waals surface area contributed by atoms with Gasteiger partial charge in [0, 0.05) is 31.3 Å². The Labute approximate surface area is 215 Å². The molecule has 5 rings (SSSR count). The van der Waals surface area contributed by atoms with Gasteiger partial charge in [0.1, 0.15) is 0 Å². The van der Waals surface area contributed by atoms with Crippen LogP contribution in [-0.2, 0) is 12.7 Å². The summed E-state index contributed by atoms with van der Waals surface area (Å²) in [6.07, 6.45) is -4.74. The van der Waals surface area contributed by atoms with Crippen molar-refractivity contribution in [3.8, 4) is 11.4 Å². The lowest BCUT2D eigenvalue weighted by Crippen LogP contribution is -2.34. The summed E-state index contributed by atoms with van der Waals surface area (Å²) in [5, 5.41) is 6.22. The molecule has 5 aromatic rings. The van der Waals surface area contributed by atoms with Gasteiger partial charge in [-0.3, -0.25) is 4.79 Å². The Bertz CT molecular complexity index is 1560. The summed E-state index contributed by atoms with van der Waals surface area (Å²) in [6.45, 7) is 1.43. The molecule has 2 aromatic heterocycles. The van der Waals surface area contributed by atoms with Crippen LogP contribution < -0.4 is 10.2 Å². The van der Waals surface area contributed by atoms with Gasteiger partial charge in [0.25, 0.3) is 5.91 Å². The van der Waals surface area contributed by atoms with E-state index in [0.29, 0.717) is 19.6 Å². The summed E-state index contributed by atoms with van der Waals surface area (Å²) < 4.78 is 44.7. The number of rotatable bonds is 8. The van der Waals surface area contributed by atoms with E-state index >= 15 is 0 Å². The molecule has 38 heavy (non-hydrogen) atoms. The number of nitrogens with one attached hydrogen (secondary N) is 1. The third kappa shape index (κ3) is 5.36. The molecule has 8 nitrogen and oxygen atoms in total. The molecule has 194 valence electrons. The predicted octanol–water partition coefficient (Wildman–Crippen LogP) is 5.02. The van der Waals surface area contributed by atoms with Crippen molar-refractivity contribution in [2.24, 2.45) is 0 Å². The molecule has 0 fully saturated rings. The van der Waals surface area contributed by atoms with Crippen LogP contribution in [0.25, 0.3) is 22.4 Å². The predicted molar refractivity (Wildman–Crippen MR) is 136 cm³/mol. The second kappa shape index (κ2) is 10.4. The van der Waals surface area contributed by atoms with Crippen molar-refractivity contribution in [1.29, 1.82) is 0 Å². The monoisotopic (exact) mass is 520 g/mol. The van der Waals surface area contributed by atoms with E-state index in [9.17, 15) is 18.0 Å². The molecule has 0 aliphatic rings. The molecular weight excluding hydrogens is 497 g/mol. The van der Waals surface area contributed by atoms with Gasteiger partial charge in [-0.1, -0.05) is 59.8 Å². The van der Waals surface area contributed by atoms with Gasteiger partial charge in [-0.25, -0.2) is 4.98 Å². The SMILES string of the molecule is CN(CCNC(=O)c1cccc(-c2noc(C(F)(F)F)n2)c1)c1nc2ccccc2n1Cc1ccccc1. The van der Waals surface area contributed by atoms with Crippen molar-refractivity contribution < 1.29 is 22.5 Å². The maximum atomic E-state index is 12.8. The summed E-state index contributed by atoms with van der Waals surface area (Å²) >= 11 is 0. The maximum Gasteiger partial charge on any atom is 0.471 e. The molecule has 0 atom stereocenters. The number of benzene rings is 3. The van der Waals surface area contributed by atoms with Crippen molar-refractivity contribution in [1.82, 2.24) is 25.0 Å². The van der Waals surface area contributed by atoms with E-state index in [1.54, 1.807) is 12.1 Å². The van der Waals surface area contributed by atoms with Crippen LogP contribution in [0.2, 0.25) is 0 Å². The fourth-order valence-corrected chi connectivity index (χ4v) is 4.07. The van der Waals surface area contributed by atoms with E-state index in [0.717, 1.165) is 22.5 Å². The number of hydrogen-bond acceptors (Lipinski definition) is 6. The number of imidazole rings is 1.